The molecule has 0 radical (unpaired) electrons. The van der Waals surface area contributed by atoms with Crippen LogP contribution in [0.25, 0.3) is 0 Å². The van der Waals surface area contributed by atoms with Crippen LogP contribution in [0.15, 0.2) is 29.8 Å². The summed E-state index contributed by atoms with van der Waals surface area (Å²) in [7, 11) is 0. The lowest BCUT2D eigenvalue weighted by atomic mass is 10.0. The van der Waals surface area contributed by atoms with Gasteiger partial charge >= 0.3 is 5.97 Å². The van der Waals surface area contributed by atoms with Gasteiger partial charge < -0.3 is 10.1 Å². The lowest BCUT2D eigenvalue weighted by Crippen LogP contribution is -2.21. The number of hydrogen-bond acceptors (Lipinski definition) is 3. The van der Waals surface area contributed by atoms with Crippen LogP contribution >= 0.6 is 0 Å². The zero-order valence-corrected chi connectivity index (χ0v) is 13.2. The summed E-state index contributed by atoms with van der Waals surface area (Å²) in [5.41, 5.74) is 3.84. The van der Waals surface area contributed by atoms with Crippen LogP contribution in [0, 0.1) is 0 Å². The Labute approximate surface area is 126 Å². The van der Waals surface area contributed by atoms with E-state index in [0.29, 0.717) is 0 Å². The first-order valence-corrected chi connectivity index (χ1v) is 7.20. The van der Waals surface area contributed by atoms with E-state index in [2.05, 4.69) is 5.32 Å². The van der Waals surface area contributed by atoms with E-state index in [0.717, 1.165) is 35.2 Å². The predicted octanol–water partition coefficient (Wildman–Crippen LogP) is 3.26. The molecule has 1 rings (SSSR count). The van der Waals surface area contributed by atoms with Crippen molar-refractivity contribution in [2.75, 3.05) is 11.9 Å². The van der Waals surface area contributed by atoms with Crippen LogP contribution in [0.3, 0.4) is 0 Å². The van der Waals surface area contributed by atoms with Gasteiger partial charge in [-0.3, -0.25) is 4.79 Å². The number of hydrogen-bond donors (Lipinski definition) is 1. The first-order valence-electron chi connectivity index (χ1n) is 7.20. The molecular weight excluding hydrogens is 266 g/mol. The number of benzene rings is 1. The van der Waals surface area contributed by atoms with E-state index in [1.165, 1.54) is 6.08 Å². The Bertz CT molecular complexity index is 521. The van der Waals surface area contributed by atoms with Gasteiger partial charge in [-0.05, 0) is 37.8 Å². The molecule has 0 fully saturated rings. The number of amides is 1. The van der Waals surface area contributed by atoms with Crippen molar-refractivity contribution >= 4 is 17.6 Å². The highest BCUT2D eigenvalue weighted by molar-refractivity contribution is 5.95. The fourth-order valence-electron chi connectivity index (χ4n) is 1.99. The molecule has 0 heterocycles. The molecule has 0 bridgehead atoms. The van der Waals surface area contributed by atoms with Gasteiger partial charge in [-0.15, -0.1) is 0 Å². The van der Waals surface area contributed by atoms with Gasteiger partial charge in [0.05, 0.1) is 0 Å². The molecular formula is C17H23NO3. The molecule has 0 spiro atoms. The molecule has 1 N–H and O–H groups in total. The molecule has 0 aliphatic rings. The van der Waals surface area contributed by atoms with Crippen molar-refractivity contribution in [2.24, 2.45) is 0 Å². The van der Waals surface area contributed by atoms with Crippen molar-refractivity contribution in [3.8, 4) is 0 Å². The minimum Gasteiger partial charge on any atom is -0.452 e. The molecule has 1 aromatic carbocycles. The third-order valence-electron chi connectivity index (χ3n) is 3.02. The van der Waals surface area contributed by atoms with E-state index in [1.54, 1.807) is 13.8 Å². The van der Waals surface area contributed by atoms with Crippen LogP contribution in [0.1, 0.15) is 38.8 Å². The summed E-state index contributed by atoms with van der Waals surface area (Å²) in [5, 5.41) is 2.85. The van der Waals surface area contributed by atoms with Gasteiger partial charge in [-0.1, -0.05) is 37.6 Å². The lowest BCUT2D eigenvalue weighted by molar-refractivity contribution is -0.142. The maximum Gasteiger partial charge on any atom is 0.331 e. The van der Waals surface area contributed by atoms with Crippen molar-refractivity contribution < 1.29 is 14.3 Å². The summed E-state index contributed by atoms with van der Waals surface area (Å²) in [6.45, 7) is 7.40. The topological polar surface area (TPSA) is 55.4 Å². The summed E-state index contributed by atoms with van der Waals surface area (Å²) in [6.07, 6.45) is 3.03. The molecule has 114 valence electrons. The van der Waals surface area contributed by atoms with Crippen molar-refractivity contribution in [2.45, 2.75) is 40.5 Å². The van der Waals surface area contributed by atoms with Crippen LogP contribution < -0.4 is 5.32 Å². The van der Waals surface area contributed by atoms with Crippen LogP contribution in [0.5, 0.6) is 0 Å². The summed E-state index contributed by atoms with van der Waals surface area (Å²) >= 11 is 0. The highest BCUT2D eigenvalue weighted by Gasteiger charge is 2.11. The second-order valence-electron chi connectivity index (χ2n) is 5.04. The molecule has 0 aromatic heterocycles. The minimum absolute atomic E-state index is 0.274. The highest BCUT2D eigenvalue weighted by Crippen LogP contribution is 2.22. The fraction of sp³-hybridized carbons (Fsp3) is 0.412. The SMILES string of the molecule is CCc1cccc(CC)c1NC(=O)COC(=O)C=C(C)C. The number of esters is 1. The Morgan fingerprint density at radius 1 is 1.14 bits per heavy atom. The molecule has 4 heteroatoms. The van der Waals surface area contributed by atoms with E-state index < -0.39 is 5.97 Å². The van der Waals surface area contributed by atoms with Crippen LogP contribution in [-0.2, 0) is 27.2 Å². The van der Waals surface area contributed by atoms with Gasteiger partial charge in [0, 0.05) is 11.8 Å². The average Bonchev–Trinajstić information content (AvgIpc) is 2.44. The van der Waals surface area contributed by atoms with E-state index in [4.69, 9.17) is 4.74 Å². The Kier molecular flexibility index (Phi) is 6.66. The first kappa shape index (κ1) is 17.0. The van der Waals surface area contributed by atoms with Crippen molar-refractivity contribution in [1.29, 1.82) is 0 Å². The maximum atomic E-state index is 11.9. The quantitative estimate of drug-likeness (QED) is 0.646. The molecule has 0 aliphatic heterocycles. The number of aryl methyl sites for hydroxylation is 2. The summed E-state index contributed by atoms with van der Waals surface area (Å²) in [4.78, 5) is 23.3. The van der Waals surface area contributed by atoms with Crippen molar-refractivity contribution in [3.63, 3.8) is 0 Å². The zero-order valence-electron chi connectivity index (χ0n) is 13.2. The smallest absolute Gasteiger partial charge is 0.331 e. The van der Waals surface area contributed by atoms with Crippen LogP contribution in [-0.4, -0.2) is 18.5 Å². The van der Waals surface area contributed by atoms with Gasteiger partial charge in [-0.2, -0.15) is 0 Å². The molecule has 0 saturated heterocycles. The number of ether oxygens (including phenoxy) is 1. The van der Waals surface area contributed by atoms with Gasteiger partial charge in [0.1, 0.15) is 0 Å². The largest absolute Gasteiger partial charge is 0.452 e. The summed E-state index contributed by atoms with van der Waals surface area (Å²) < 4.78 is 4.91. The third-order valence-corrected chi connectivity index (χ3v) is 3.02. The summed E-state index contributed by atoms with van der Waals surface area (Å²) in [6, 6.07) is 5.97. The van der Waals surface area contributed by atoms with Gasteiger partial charge in [-0.25, -0.2) is 4.79 Å². The molecule has 0 unspecified atom stereocenters. The maximum absolute atomic E-state index is 11.9. The molecule has 21 heavy (non-hydrogen) atoms. The Hall–Kier alpha value is -2.10. The molecule has 1 aromatic rings. The van der Waals surface area contributed by atoms with Gasteiger partial charge in [0.15, 0.2) is 6.61 Å². The van der Waals surface area contributed by atoms with E-state index in [1.807, 2.05) is 32.0 Å². The number of rotatable bonds is 6. The number of carbonyl (C=O) groups is 2. The van der Waals surface area contributed by atoms with Crippen molar-refractivity contribution in [1.82, 2.24) is 0 Å². The molecule has 4 nitrogen and oxygen atoms in total. The van der Waals surface area contributed by atoms with E-state index >= 15 is 0 Å². The zero-order chi connectivity index (χ0) is 15.8. The van der Waals surface area contributed by atoms with Crippen molar-refractivity contribution in [3.05, 3.63) is 41.0 Å². The number of nitrogens with one attached hydrogen (secondary N) is 1. The third kappa shape index (κ3) is 5.42. The molecule has 0 atom stereocenters. The molecule has 0 saturated carbocycles. The summed E-state index contributed by atoms with van der Waals surface area (Å²) in [5.74, 6) is -0.814. The number of allylic oxidation sites excluding steroid dienone is 1. The van der Waals surface area contributed by atoms with Crippen LogP contribution in [0.4, 0.5) is 5.69 Å². The van der Waals surface area contributed by atoms with E-state index in [-0.39, 0.29) is 12.5 Å². The highest BCUT2D eigenvalue weighted by atomic mass is 16.5. The van der Waals surface area contributed by atoms with E-state index in [9.17, 15) is 9.59 Å². The van der Waals surface area contributed by atoms with Gasteiger partial charge in [0.2, 0.25) is 0 Å². The minimum atomic E-state index is -0.496. The second-order valence-corrected chi connectivity index (χ2v) is 5.04. The number of carbonyl (C=O) groups excluding carboxylic acids is 2. The number of anilines is 1. The normalized spacial score (nSPS) is 9.90. The second kappa shape index (κ2) is 8.25. The standard InChI is InChI=1S/C17H23NO3/c1-5-13-8-7-9-14(6-2)17(13)18-15(19)11-21-16(20)10-12(3)4/h7-10H,5-6,11H2,1-4H3,(H,18,19). The predicted molar refractivity (Wildman–Crippen MR) is 84.2 cm³/mol. The Balaban J connectivity index is 2.71. The Morgan fingerprint density at radius 3 is 2.19 bits per heavy atom. The van der Waals surface area contributed by atoms with Crippen LogP contribution in [0.2, 0.25) is 0 Å². The lowest BCUT2D eigenvalue weighted by Gasteiger charge is -2.14. The first-order chi connectivity index (χ1) is 9.97. The van der Waals surface area contributed by atoms with Gasteiger partial charge in [0.25, 0.3) is 5.91 Å². The average molecular weight is 289 g/mol. The Morgan fingerprint density at radius 2 is 1.71 bits per heavy atom. The molecule has 1 amide bonds. The molecule has 0 aliphatic carbocycles. The number of para-hydroxylation sites is 1. The fourth-order valence-corrected chi connectivity index (χ4v) is 1.99. The monoisotopic (exact) mass is 289 g/mol.